The average Bonchev–Trinajstić information content (AvgIpc) is 3.14. The normalized spacial score (nSPS) is 12.3. The van der Waals surface area contributed by atoms with E-state index in [1.54, 1.807) is 24.3 Å². The van der Waals surface area contributed by atoms with Gasteiger partial charge in [-0.05, 0) is 35.9 Å². The van der Waals surface area contributed by atoms with Crippen molar-refractivity contribution >= 4 is 58.4 Å². The van der Waals surface area contributed by atoms with Gasteiger partial charge in [0, 0.05) is 5.02 Å². The second kappa shape index (κ2) is 9.05. The molecule has 148 valence electrons. The summed E-state index contributed by atoms with van der Waals surface area (Å²) in [6, 6.07) is 9.46. The van der Waals surface area contributed by atoms with Gasteiger partial charge in [-0.25, -0.2) is 4.79 Å². The third-order valence-corrected chi connectivity index (χ3v) is 4.47. The van der Waals surface area contributed by atoms with Gasteiger partial charge < -0.3 is 19.5 Å². The lowest BCUT2D eigenvalue weighted by Crippen LogP contribution is -2.21. The Bertz CT molecular complexity index is 1040. The van der Waals surface area contributed by atoms with Gasteiger partial charge in [-0.1, -0.05) is 40.9 Å². The van der Waals surface area contributed by atoms with Crippen molar-refractivity contribution in [1.82, 2.24) is 0 Å². The van der Waals surface area contributed by atoms with Crippen molar-refractivity contribution in [3.63, 3.8) is 0 Å². The standard InChI is InChI=1S/C19H11Cl3N2O5/c20-12-5-13(21)18(14(22)6-12)24-17(25)8-27-19(26)11(7-23)3-10-1-2-15-16(4-10)29-9-28-15/h1-6H,8-9H2,(H,24,25). The summed E-state index contributed by atoms with van der Waals surface area (Å²) in [5.74, 6) is -0.585. The quantitative estimate of drug-likeness (QED) is 0.408. The molecule has 10 heteroatoms. The third kappa shape index (κ3) is 5.12. The Morgan fingerprint density at radius 1 is 1.14 bits per heavy atom. The maximum atomic E-state index is 12.1. The van der Waals surface area contributed by atoms with E-state index < -0.39 is 18.5 Å². The first kappa shape index (κ1) is 20.8. The minimum Gasteiger partial charge on any atom is -0.454 e. The van der Waals surface area contributed by atoms with Gasteiger partial charge in [-0.3, -0.25) is 4.79 Å². The number of nitriles is 1. The van der Waals surface area contributed by atoms with E-state index in [0.717, 1.165) is 0 Å². The lowest BCUT2D eigenvalue weighted by Gasteiger charge is -2.10. The number of hydrogen-bond acceptors (Lipinski definition) is 6. The molecule has 2 aromatic carbocycles. The Hall–Kier alpha value is -2.92. The Morgan fingerprint density at radius 3 is 2.52 bits per heavy atom. The number of fused-ring (bicyclic) bond motifs is 1. The molecule has 0 fully saturated rings. The van der Waals surface area contributed by atoms with Crippen LogP contribution in [0.3, 0.4) is 0 Å². The molecule has 29 heavy (non-hydrogen) atoms. The van der Waals surface area contributed by atoms with E-state index in [1.807, 2.05) is 0 Å². The zero-order valence-electron chi connectivity index (χ0n) is 14.5. The summed E-state index contributed by atoms with van der Waals surface area (Å²) in [4.78, 5) is 24.2. The minimum absolute atomic E-state index is 0.104. The van der Waals surface area contributed by atoms with Crippen LogP contribution in [0.25, 0.3) is 6.08 Å². The number of amides is 1. The molecule has 1 N–H and O–H groups in total. The molecule has 0 radical (unpaired) electrons. The van der Waals surface area contributed by atoms with Gasteiger partial charge in [0.05, 0.1) is 15.7 Å². The van der Waals surface area contributed by atoms with Crippen molar-refractivity contribution < 1.29 is 23.8 Å². The molecule has 0 saturated carbocycles. The lowest BCUT2D eigenvalue weighted by molar-refractivity contribution is -0.142. The van der Waals surface area contributed by atoms with Crippen LogP contribution >= 0.6 is 34.8 Å². The number of carbonyl (C=O) groups excluding carboxylic acids is 2. The predicted octanol–water partition coefficient (Wildman–Crippen LogP) is 4.46. The van der Waals surface area contributed by atoms with E-state index >= 15 is 0 Å². The molecule has 1 aliphatic heterocycles. The van der Waals surface area contributed by atoms with E-state index in [4.69, 9.17) is 49.0 Å². The van der Waals surface area contributed by atoms with Crippen LogP contribution < -0.4 is 14.8 Å². The molecule has 0 bridgehead atoms. The molecule has 0 spiro atoms. The van der Waals surface area contributed by atoms with E-state index in [2.05, 4.69) is 5.32 Å². The van der Waals surface area contributed by atoms with Gasteiger partial charge in [0.1, 0.15) is 11.6 Å². The molecule has 0 saturated heterocycles. The number of hydrogen-bond donors (Lipinski definition) is 1. The third-order valence-electron chi connectivity index (χ3n) is 3.65. The molecular weight excluding hydrogens is 443 g/mol. The monoisotopic (exact) mass is 452 g/mol. The number of anilines is 1. The summed E-state index contributed by atoms with van der Waals surface area (Å²) in [6.07, 6.45) is 1.31. The highest BCUT2D eigenvalue weighted by Crippen LogP contribution is 2.34. The van der Waals surface area contributed by atoms with Gasteiger partial charge in [0.15, 0.2) is 18.1 Å². The van der Waals surface area contributed by atoms with Crippen LogP contribution in [0, 0.1) is 11.3 Å². The van der Waals surface area contributed by atoms with Crippen molar-refractivity contribution in [3.8, 4) is 17.6 Å². The number of carbonyl (C=O) groups is 2. The van der Waals surface area contributed by atoms with Crippen LogP contribution in [0.2, 0.25) is 15.1 Å². The van der Waals surface area contributed by atoms with E-state index in [0.29, 0.717) is 22.1 Å². The Kier molecular flexibility index (Phi) is 6.49. The van der Waals surface area contributed by atoms with Crippen LogP contribution in [-0.4, -0.2) is 25.3 Å². The smallest absolute Gasteiger partial charge is 0.349 e. The molecule has 2 aromatic rings. The molecule has 0 atom stereocenters. The first-order valence-electron chi connectivity index (χ1n) is 8.00. The number of esters is 1. The number of nitrogens with one attached hydrogen (secondary N) is 1. The van der Waals surface area contributed by atoms with Crippen molar-refractivity contribution in [2.75, 3.05) is 18.7 Å². The van der Waals surface area contributed by atoms with Gasteiger partial charge in [-0.2, -0.15) is 5.26 Å². The van der Waals surface area contributed by atoms with Crippen LogP contribution in [0.4, 0.5) is 5.69 Å². The van der Waals surface area contributed by atoms with Crippen molar-refractivity contribution in [2.45, 2.75) is 0 Å². The van der Waals surface area contributed by atoms with Crippen molar-refractivity contribution in [1.29, 1.82) is 5.26 Å². The first-order chi connectivity index (χ1) is 13.9. The maximum Gasteiger partial charge on any atom is 0.349 e. The molecule has 0 aromatic heterocycles. The van der Waals surface area contributed by atoms with Crippen molar-refractivity contribution in [2.24, 2.45) is 0 Å². The Labute approximate surface area is 180 Å². The zero-order valence-corrected chi connectivity index (χ0v) is 16.8. The highest BCUT2D eigenvalue weighted by atomic mass is 35.5. The number of ether oxygens (including phenoxy) is 3. The second-order valence-corrected chi connectivity index (χ2v) is 6.90. The summed E-state index contributed by atoms with van der Waals surface area (Å²) in [5.41, 5.74) is 0.376. The van der Waals surface area contributed by atoms with Crippen molar-refractivity contribution in [3.05, 3.63) is 56.5 Å². The fourth-order valence-corrected chi connectivity index (χ4v) is 3.26. The van der Waals surface area contributed by atoms with E-state index in [-0.39, 0.29) is 28.1 Å². The molecule has 3 rings (SSSR count). The lowest BCUT2D eigenvalue weighted by atomic mass is 10.1. The van der Waals surface area contributed by atoms with Crippen LogP contribution in [-0.2, 0) is 14.3 Å². The summed E-state index contributed by atoms with van der Waals surface area (Å²) >= 11 is 17.8. The number of halogens is 3. The van der Waals surface area contributed by atoms with Crippen LogP contribution in [0.15, 0.2) is 35.9 Å². The summed E-state index contributed by atoms with van der Waals surface area (Å²) in [6.45, 7) is -0.541. The molecular formula is C19H11Cl3N2O5. The molecule has 1 aliphatic rings. The number of nitrogens with zero attached hydrogens (tertiary/aromatic N) is 1. The van der Waals surface area contributed by atoms with E-state index in [9.17, 15) is 14.9 Å². The molecule has 0 unspecified atom stereocenters. The van der Waals surface area contributed by atoms with Gasteiger partial charge >= 0.3 is 5.97 Å². The highest BCUT2D eigenvalue weighted by molar-refractivity contribution is 6.42. The van der Waals surface area contributed by atoms with E-state index in [1.165, 1.54) is 18.2 Å². The summed E-state index contributed by atoms with van der Waals surface area (Å²) < 4.78 is 15.3. The molecule has 0 aliphatic carbocycles. The summed E-state index contributed by atoms with van der Waals surface area (Å²) in [5, 5.41) is 12.2. The van der Waals surface area contributed by atoms with Crippen LogP contribution in [0.1, 0.15) is 5.56 Å². The average molecular weight is 454 g/mol. The Morgan fingerprint density at radius 2 is 1.83 bits per heavy atom. The molecule has 7 nitrogen and oxygen atoms in total. The van der Waals surface area contributed by atoms with Gasteiger partial charge in [-0.15, -0.1) is 0 Å². The topological polar surface area (TPSA) is 97.7 Å². The summed E-state index contributed by atoms with van der Waals surface area (Å²) in [7, 11) is 0. The van der Waals surface area contributed by atoms with Crippen LogP contribution in [0.5, 0.6) is 11.5 Å². The second-order valence-electron chi connectivity index (χ2n) is 5.65. The fraction of sp³-hybridized carbons (Fsp3) is 0.105. The number of benzene rings is 2. The minimum atomic E-state index is -0.964. The number of rotatable bonds is 5. The SMILES string of the molecule is N#CC(=Cc1ccc2c(c1)OCO2)C(=O)OCC(=O)Nc1c(Cl)cc(Cl)cc1Cl. The molecule has 1 heterocycles. The van der Waals surface area contributed by atoms with Gasteiger partial charge in [0.25, 0.3) is 5.91 Å². The zero-order chi connectivity index (χ0) is 21.0. The Balaban J connectivity index is 1.63. The molecule has 1 amide bonds. The highest BCUT2D eigenvalue weighted by Gasteiger charge is 2.17. The first-order valence-corrected chi connectivity index (χ1v) is 9.13. The maximum absolute atomic E-state index is 12.1. The fourth-order valence-electron chi connectivity index (χ4n) is 2.35. The predicted molar refractivity (Wildman–Crippen MR) is 107 cm³/mol. The van der Waals surface area contributed by atoms with Gasteiger partial charge in [0.2, 0.25) is 6.79 Å². The largest absolute Gasteiger partial charge is 0.454 e.